The van der Waals surface area contributed by atoms with Crippen molar-refractivity contribution in [1.82, 2.24) is 4.90 Å². The number of benzene rings is 1. The van der Waals surface area contributed by atoms with Crippen molar-refractivity contribution < 1.29 is 27.8 Å². The van der Waals surface area contributed by atoms with E-state index in [1.54, 1.807) is 20.8 Å². The van der Waals surface area contributed by atoms with Gasteiger partial charge in [-0.1, -0.05) is 0 Å². The van der Waals surface area contributed by atoms with E-state index in [1.807, 2.05) is 0 Å². The molecule has 1 heterocycles. The van der Waals surface area contributed by atoms with Crippen LogP contribution >= 0.6 is 0 Å². The first-order valence-electron chi connectivity index (χ1n) is 6.37. The van der Waals surface area contributed by atoms with Crippen LogP contribution in [-0.2, 0) is 10.3 Å². The van der Waals surface area contributed by atoms with Gasteiger partial charge in [-0.3, -0.25) is 0 Å². The molecule has 1 amide bonds. The quantitative estimate of drug-likeness (QED) is 0.811. The summed E-state index contributed by atoms with van der Waals surface area (Å²) in [4.78, 5) is 12.9. The first-order valence-corrected chi connectivity index (χ1v) is 6.37. The molecule has 21 heavy (non-hydrogen) atoms. The molecule has 0 aliphatic carbocycles. The fraction of sp³-hybridized carbons (Fsp3) is 0.500. The van der Waals surface area contributed by atoms with Crippen LogP contribution in [0.15, 0.2) is 12.1 Å². The minimum atomic E-state index is -1.74. The van der Waals surface area contributed by atoms with Crippen molar-refractivity contribution in [3.63, 3.8) is 0 Å². The molecule has 7 heteroatoms. The first kappa shape index (κ1) is 15.6. The number of hydrogen-bond donors (Lipinski definition) is 1. The molecule has 0 spiro atoms. The second-order valence-corrected chi connectivity index (χ2v) is 6.11. The highest BCUT2D eigenvalue weighted by Gasteiger charge is 2.48. The summed E-state index contributed by atoms with van der Waals surface area (Å²) in [6, 6.07) is 0.982. The summed E-state index contributed by atoms with van der Waals surface area (Å²) in [6.45, 7) is 4.57. The molecule has 1 fully saturated rings. The van der Waals surface area contributed by atoms with E-state index in [0.717, 1.165) is 4.90 Å². The van der Waals surface area contributed by atoms with E-state index in [0.29, 0.717) is 12.1 Å². The molecule has 1 aromatic rings. The zero-order valence-electron chi connectivity index (χ0n) is 11.9. The van der Waals surface area contributed by atoms with Gasteiger partial charge in [0, 0.05) is 11.6 Å². The number of ether oxygens (including phenoxy) is 1. The van der Waals surface area contributed by atoms with Crippen molar-refractivity contribution in [2.24, 2.45) is 0 Å². The average molecular weight is 303 g/mol. The van der Waals surface area contributed by atoms with Gasteiger partial charge in [0.25, 0.3) is 0 Å². The molecule has 1 N–H and O–H groups in total. The van der Waals surface area contributed by atoms with Crippen molar-refractivity contribution in [1.29, 1.82) is 0 Å². The monoisotopic (exact) mass is 303 g/mol. The van der Waals surface area contributed by atoms with Crippen LogP contribution in [0.4, 0.5) is 18.0 Å². The number of rotatable bonds is 1. The second-order valence-electron chi connectivity index (χ2n) is 6.11. The zero-order valence-corrected chi connectivity index (χ0v) is 11.9. The Labute approximate surface area is 120 Å². The highest BCUT2D eigenvalue weighted by molar-refractivity contribution is 5.70. The van der Waals surface area contributed by atoms with Gasteiger partial charge in [-0.2, -0.15) is 0 Å². The number of likely N-dealkylation sites (tertiary alicyclic amines) is 1. The standard InChI is InChI=1S/C14H16F3NO3/c1-13(2,3)21-12(19)18-6-14(20,7-18)8-4-10(16)11(17)5-9(8)15/h4-5,20H,6-7H2,1-3H3. The van der Waals surface area contributed by atoms with Crippen LogP contribution in [0, 0.1) is 17.5 Å². The molecule has 0 bridgehead atoms. The van der Waals surface area contributed by atoms with E-state index in [2.05, 4.69) is 0 Å². The average Bonchev–Trinajstić information content (AvgIpc) is 2.27. The molecule has 0 radical (unpaired) electrons. The molecule has 1 aliphatic rings. The smallest absolute Gasteiger partial charge is 0.410 e. The van der Waals surface area contributed by atoms with Crippen molar-refractivity contribution in [2.45, 2.75) is 32.0 Å². The summed E-state index contributed by atoms with van der Waals surface area (Å²) >= 11 is 0. The van der Waals surface area contributed by atoms with Gasteiger partial charge in [0.15, 0.2) is 11.6 Å². The molecule has 1 aromatic carbocycles. The number of aliphatic hydroxyl groups is 1. The maximum atomic E-state index is 13.6. The number of nitrogens with zero attached hydrogens (tertiary/aromatic N) is 1. The van der Waals surface area contributed by atoms with Gasteiger partial charge in [0.05, 0.1) is 13.1 Å². The lowest BCUT2D eigenvalue weighted by atomic mass is 9.86. The van der Waals surface area contributed by atoms with Crippen LogP contribution in [0.1, 0.15) is 26.3 Å². The number of halogens is 3. The molecule has 0 saturated carbocycles. The Morgan fingerprint density at radius 3 is 2.24 bits per heavy atom. The van der Waals surface area contributed by atoms with Gasteiger partial charge < -0.3 is 14.7 Å². The Kier molecular flexibility index (Phi) is 3.65. The van der Waals surface area contributed by atoms with Gasteiger partial charge in [-0.25, -0.2) is 18.0 Å². The largest absolute Gasteiger partial charge is 0.444 e. The lowest BCUT2D eigenvalue weighted by Gasteiger charge is -2.46. The topological polar surface area (TPSA) is 49.8 Å². The molecule has 2 rings (SSSR count). The van der Waals surface area contributed by atoms with Crippen LogP contribution in [-0.4, -0.2) is 34.8 Å². The lowest BCUT2D eigenvalue weighted by molar-refractivity contribution is -0.105. The normalized spacial score (nSPS) is 17.4. The van der Waals surface area contributed by atoms with E-state index >= 15 is 0 Å². The predicted octanol–water partition coefficient (Wildman–Crippen LogP) is 2.54. The van der Waals surface area contributed by atoms with E-state index in [4.69, 9.17) is 4.74 Å². The van der Waals surface area contributed by atoms with E-state index < -0.39 is 34.7 Å². The summed E-state index contributed by atoms with van der Waals surface area (Å²) in [5, 5.41) is 10.2. The first-order chi connectivity index (χ1) is 9.52. The lowest BCUT2D eigenvalue weighted by Crippen LogP contribution is -2.62. The Morgan fingerprint density at radius 2 is 1.71 bits per heavy atom. The van der Waals surface area contributed by atoms with Crippen molar-refractivity contribution >= 4 is 6.09 Å². The maximum Gasteiger partial charge on any atom is 0.410 e. The number of carbonyl (C=O) groups excluding carboxylic acids is 1. The van der Waals surface area contributed by atoms with Gasteiger partial charge in [-0.15, -0.1) is 0 Å². The van der Waals surface area contributed by atoms with Crippen LogP contribution < -0.4 is 0 Å². The van der Waals surface area contributed by atoms with Gasteiger partial charge in [0.2, 0.25) is 0 Å². The fourth-order valence-electron chi connectivity index (χ4n) is 2.09. The maximum absolute atomic E-state index is 13.6. The summed E-state index contributed by atoms with van der Waals surface area (Å²) in [7, 11) is 0. The number of hydrogen-bond acceptors (Lipinski definition) is 3. The fourth-order valence-corrected chi connectivity index (χ4v) is 2.09. The van der Waals surface area contributed by atoms with Gasteiger partial charge in [0.1, 0.15) is 17.0 Å². The van der Waals surface area contributed by atoms with Crippen molar-refractivity contribution in [2.75, 3.05) is 13.1 Å². The molecule has 116 valence electrons. The van der Waals surface area contributed by atoms with Gasteiger partial charge >= 0.3 is 6.09 Å². The third-order valence-corrected chi connectivity index (χ3v) is 3.07. The van der Waals surface area contributed by atoms with E-state index in [1.165, 1.54) is 0 Å². The Bertz CT molecular complexity index is 578. The summed E-state index contributed by atoms with van der Waals surface area (Å²) in [5.74, 6) is -3.64. The summed E-state index contributed by atoms with van der Waals surface area (Å²) < 4.78 is 44.8. The molecule has 1 saturated heterocycles. The molecule has 4 nitrogen and oxygen atoms in total. The third-order valence-electron chi connectivity index (χ3n) is 3.07. The molecular weight excluding hydrogens is 287 g/mol. The zero-order chi connectivity index (χ0) is 16.0. The summed E-state index contributed by atoms with van der Waals surface area (Å²) in [6.07, 6.45) is -0.657. The number of β-amino-alcohol motifs (C(OH)–C–C–N with tert-alkyl or cyclic N) is 1. The Balaban J connectivity index is 2.11. The molecule has 0 atom stereocenters. The SMILES string of the molecule is CC(C)(C)OC(=O)N1CC(O)(c2cc(F)c(F)cc2F)C1. The van der Waals surface area contributed by atoms with Crippen LogP contribution in [0.3, 0.4) is 0 Å². The number of amides is 1. The van der Waals surface area contributed by atoms with Gasteiger partial charge in [-0.05, 0) is 26.8 Å². The van der Waals surface area contributed by atoms with Crippen LogP contribution in [0.2, 0.25) is 0 Å². The minimum Gasteiger partial charge on any atom is -0.444 e. The third kappa shape index (κ3) is 3.12. The highest BCUT2D eigenvalue weighted by Crippen LogP contribution is 2.35. The minimum absolute atomic E-state index is 0.246. The molecule has 0 unspecified atom stereocenters. The van der Waals surface area contributed by atoms with Crippen molar-refractivity contribution in [3.05, 3.63) is 35.1 Å². The van der Waals surface area contributed by atoms with E-state index in [-0.39, 0.29) is 18.7 Å². The predicted molar refractivity (Wildman–Crippen MR) is 68.0 cm³/mol. The summed E-state index contributed by atoms with van der Waals surface area (Å²) in [5.41, 5.74) is -2.81. The van der Waals surface area contributed by atoms with Crippen LogP contribution in [0.25, 0.3) is 0 Å². The molecular formula is C14H16F3NO3. The second kappa shape index (κ2) is 4.91. The number of carbonyl (C=O) groups is 1. The highest BCUT2D eigenvalue weighted by atomic mass is 19.2. The van der Waals surface area contributed by atoms with E-state index in [9.17, 15) is 23.1 Å². The molecule has 0 aromatic heterocycles. The molecule has 1 aliphatic heterocycles. The van der Waals surface area contributed by atoms with Crippen molar-refractivity contribution in [3.8, 4) is 0 Å². The Morgan fingerprint density at radius 1 is 1.19 bits per heavy atom. The Hall–Kier alpha value is -1.76. The van der Waals surface area contributed by atoms with Crippen LogP contribution in [0.5, 0.6) is 0 Å².